The second kappa shape index (κ2) is 4.92. The summed E-state index contributed by atoms with van der Waals surface area (Å²) in [5.41, 5.74) is 1.00. The molecule has 1 fully saturated rings. The number of likely N-dealkylation sites (tertiary alicyclic amines) is 1. The van der Waals surface area contributed by atoms with Crippen LogP contribution in [0.4, 0.5) is 0 Å². The lowest BCUT2D eigenvalue weighted by atomic mass is 10.1. The van der Waals surface area contributed by atoms with Gasteiger partial charge in [-0.3, -0.25) is 4.79 Å². The summed E-state index contributed by atoms with van der Waals surface area (Å²) in [5, 5.41) is 0. The van der Waals surface area contributed by atoms with Crippen molar-refractivity contribution in [3.05, 3.63) is 35.9 Å². The third-order valence-corrected chi connectivity index (χ3v) is 2.97. The highest BCUT2D eigenvalue weighted by Crippen LogP contribution is 2.16. The summed E-state index contributed by atoms with van der Waals surface area (Å²) in [6.45, 7) is 0.717. The van der Waals surface area contributed by atoms with E-state index >= 15 is 0 Å². The molecule has 1 heterocycles. The average molecular weight is 217 g/mol. The van der Waals surface area contributed by atoms with Gasteiger partial charge in [0.05, 0.1) is 12.5 Å². The Kier molecular flexibility index (Phi) is 3.34. The molecular formula is C13H15NO2. The topological polar surface area (TPSA) is 37.4 Å². The van der Waals surface area contributed by atoms with Crippen molar-refractivity contribution in [3.63, 3.8) is 0 Å². The van der Waals surface area contributed by atoms with E-state index in [4.69, 9.17) is 0 Å². The molecule has 0 aromatic heterocycles. The number of carbonyl (C=O) groups is 2. The number of benzene rings is 1. The van der Waals surface area contributed by atoms with Crippen LogP contribution in [-0.4, -0.2) is 29.7 Å². The van der Waals surface area contributed by atoms with Crippen LogP contribution in [0.1, 0.15) is 18.4 Å². The van der Waals surface area contributed by atoms with Crippen molar-refractivity contribution >= 4 is 12.2 Å². The molecule has 0 aliphatic carbocycles. The maximum Gasteiger partial charge on any atom is 0.227 e. The smallest absolute Gasteiger partial charge is 0.227 e. The molecule has 16 heavy (non-hydrogen) atoms. The van der Waals surface area contributed by atoms with Crippen LogP contribution in [0.5, 0.6) is 0 Å². The molecule has 1 atom stereocenters. The molecule has 1 saturated heterocycles. The fourth-order valence-electron chi connectivity index (χ4n) is 2.12. The molecule has 84 valence electrons. The van der Waals surface area contributed by atoms with Crippen molar-refractivity contribution in [3.8, 4) is 0 Å². The number of hydrogen-bond acceptors (Lipinski definition) is 2. The third kappa shape index (κ3) is 2.30. The summed E-state index contributed by atoms with van der Waals surface area (Å²) in [6, 6.07) is 9.44. The highest BCUT2D eigenvalue weighted by molar-refractivity contribution is 5.82. The van der Waals surface area contributed by atoms with Crippen molar-refractivity contribution in [2.45, 2.75) is 25.3 Å². The van der Waals surface area contributed by atoms with Gasteiger partial charge in [-0.2, -0.15) is 0 Å². The van der Waals surface area contributed by atoms with Crippen LogP contribution in [0.15, 0.2) is 30.3 Å². The summed E-state index contributed by atoms with van der Waals surface area (Å²) in [7, 11) is 0. The number of rotatable bonds is 3. The Hall–Kier alpha value is -1.64. The van der Waals surface area contributed by atoms with Crippen molar-refractivity contribution in [2.75, 3.05) is 6.54 Å². The molecule has 0 saturated carbocycles. The van der Waals surface area contributed by atoms with Crippen LogP contribution < -0.4 is 0 Å². The molecule has 2 rings (SSSR count). The molecule has 3 nitrogen and oxygen atoms in total. The van der Waals surface area contributed by atoms with Gasteiger partial charge in [-0.1, -0.05) is 30.3 Å². The summed E-state index contributed by atoms with van der Waals surface area (Å²) in [4.78, 5) is 24.4. The van der Waals surface area contributed by atoms with E-state index in [1.165, 1.54) is 0 Å². The Morgan fingerprint density at radius 3 is 2.81 bits per heavy atom. The maximum atomic E-state index is 12.0. The zero-order valence-corrected chi connectivity index (χ0v) is 9.13. The highest BCUT2D eigenvalue weighted by Gasteiger charge is 2.27. The van der Waals surface area contributed by atoms with Crippen LogP contribution >= 0.6 is 0 Å². The minimum Gasteiger partial charge on any atom is -0.333 e. The fraction of sp³-hybridized carbons (Fsp3) is 0.385. The quantitative estimate of drug-likeness (QED) is 0.718. The molecule has 0 bridgehead atoms. The molecule has 0 N–H and O–H groups in total. The second-order valence-electron chi connectivity index (χ2n) is 4.10. The number of aldehydes is 1. The van der Waals surface area contributed by atoms with E-state index in [0.29, 0.717) is 6.42 Å². The van der Waals surface area contributed by atoms with Gasteiger partial charge in [-0.05, 0) is 18.4 Å². The summed E-state index contributed by atoms with van der Waals surface area (Å²) in [6.07, 6.45) is 3.02. The van der Waals surface area contributed by atoms with Gasteiger partial charge in [0.2, 0.25) is 5.91 Å². The molecule has 1 aliphatic heterocycles. The number of carbonyl (C=O) groups excluding carboxylic acids is 2. The Labute approximate surface area is 95.1 Å². The van der Waals surface area contributed by atoms with Gasteiger partial charge in [0, 0.05) is 6.54 Å². The average Bonchev–Trinajstić information content (AvgIpc) is 2.78. The van der Waals surface area contributed by atoms with Crippen molar-refractivity contribution < 1.29 is 9.59 Å². The molecule has 0 radical (unpaired) electrons. The molecule has 3 heteroatoms. The van der Waals surface area contributed by atoms with E-state index in [1.807, 2.05) is 30.3 Å². The predicted molar refractivity (Wildman–Crippen MR) is 60.9 cm³/mol. The SMILES string of the molecule is O=CC1CCCN1C(=O)Cc1ccccc1. The van der Waals surface area contributed by atoms with E-state index in [9.17, 15) is 9.59 Å². The number of hydrogen-bond donors (Lipinski definition) is 0. The predicted octanol–water partition coefficient (Wildman–Crippen LogP) is 1.42. The first-order chi connectivity index (χ1) is 7.81. The van der Waals surface area contributed by atoms with Gasteiger partial charge in [-0.25, -0.2) is 0 Å². The number of nitrogens with zero attached hydrogens (tertiary/aromatic N) is 1. The first-order valence-electron chi connectivity index (χ1n) is 5.60. The molecular weight excluding hydrogens is 202 g/mol. The first-order valence-corrected chi connectivity index (χ1v) is 5.60. The highest BCUT2D eigenvalue weighted by atomic mass is 16.2. The summed E-state index contributed by atoms with van der Waals surface area (Å²) >= 11 is 0. The fourth-order valence-corrected chi connectivity index (χ4v) is 2.12. The van der Waals surface area contributed by atoms with E-state index in [2.05, 4.69) is 0 Å². The molecule has 1 aromatic rings. The van der Waals surface area contributed by atoms with Gasteiger partial charge in [0.15, 0.2) is 0 Å². The van der Waals surface area contributed by atoms with Crippen molar-refractivity contribution in [1.82, 2.24) is 4.90 Å². The van der Waals surface area contributed by atoms with E-state index < -0.39 is 0 Å². The van der Waals surface area contributed by atoms with Crippen molar-refractivity contribution in [2.24, 2.45) is 0 Å². The monoisotopic (exact) mass is 217 g/mol. The van der Waals surface area contributed by atoms with Gasteiger partial charge in [0.1, 0.15) is 6.29 Å². The molecule has 1 amide bonds. The Morgan fingerprint density at radius 1 is 1.38 bits per heavy atom. The first kappa shape index (κ1) is 10.9. The van der Waals surface area contributed by atoms with Gasteiger partial charge in [0.25, 0.3) is 0 Å². The Balaban J connectivity index is 2.00. The molecule has 1 aromatic carbocycles. The van der Waals surface area contributed by atoms with Crippen LogP contribution in [0.25, 0.3) is 0 Å². The normalized spacial score (nSPS) is 19.8. The molecule has 1 unspecified atom stereocenters. The van der Waals surface area contributed by atoms with Crippen LogP contribution in [0.2, 0.25) is 0 Å². The third-order valence-electron chi connectivity index (χ3n) is 2.97. The summed E-state index contributed by atoms with van der Waals surface area (Å²) in [5.74, 6) is 0.0563. The number of amides is 1. The van der Waals surface area contributed by atoms with E-state index in [0.717, 1.165) is 31.2 Å². The maximum absolute atomic E-state index is 12.0. The van der Waals surface area contributed by atoms with Gasteiger partial charge >= 0.3 is 0 Å². The van der Waals surface area contributed by atoms with Gasteiger partial charge < -0.3 is 9.69 Å². The van der Waals surface area contributed by atoms with Crippen LogP contribution in [0.3, 0.4) is 0 Å². The zero-order chi connectivity index (χ0) is 11.4. The lowest BCUT2D eigenvalue weighted by Gasteiger charge is -2.20. The van der Waals surface area contributed by atoms with E-state index in [1.54, 1.807) is 4.90 Å². The lowest BCUT2D eigenvalue weighted by molar-refractivity contribution is -0.133. The van der Waals surface area contributed by atoms with Gasteiger partial charge in [-0.15, -0.1) is 0 Å². The minimum absolute atomic E-state index is 0.0563. The van der Waals surface area contributed by atoms with Crippen LogP contribution in [0, 0.1) is 0 Å². The van der Waals surface area contributed by atoms with Crippen molar-refractivity contribution in [1.29, 1.82) is 0 Å². The van der Waals surface area contributed by atoms with Crippen LogP contribution in [-0.2, 0) is 16.0 Å². The molecule has 1 aliphatic rings. The largest absolute Gasteiger partial charge is 0.333 e. The Bertz CT molecular complexity index is 375. The standard InChI is InChI=1S/C13H15NO2/c15-10-12-7-4-8-14(12)13(16)9-11-5-2-1-3-6-11/h1-3,5-6,10,12H,4,7-9H2. The minimum atomic E-state index is -0.198. The lowest BCUT2D eigenvalue weighted by Crippen LogP contribution is -2.37. The summed E-state index contributed by atoms with van der Waals surface area (Å²) < 4.78 is 0. The zero-order valence-electron chi connectivity index (χ0n) is 9.13. The van der Waals surface area contributed by atoms with E-state index in [-0.39, 0.29) is 11.9 Å². The Morgan fingerprint density at radius 2 is 2.12 bits per heavy atom. The second-order valence-corrected chi connectivity index (χ2v) is 4.10. The molecule has 0 spiro atoms.